The summed E-state index contributed by atoms with van der Waals surface area (Å²) in [4.78, 5) is 3.87. The van der Waals surface area contributed by atoms with E-state index in [0.29, 0.717) is 6.17 Å². The Balaban J connectivity index is 0.00000225. The second-order valence-corrected chi connectivity index (χ2v) is 5.45. The van der Waals surface area contributed by atoms with Gasteiger partial charge < -0.3 is 17.3 Å². The Labute approximate surface area is 111 Å². The van der Waals surface area contributed by atoms with Crippen molar-refractivity contribution < 1.29 is 17.3 Å². The summed E-state index contributed by atoms with van der Waals surface area (Å²) in [6, 6.07) is 0. The fraction of sp³-hybridized carbons (Fsp3) is 0.833. The highest BCUT2D eigenvalue weighted by molar-refractivity contribution is 7.99. The van der Waals surface area contributed by atoms with Crippen molar-refractivity contribution in [3.63, 3.8) is 0 Å². The van der Waals surface area contributed by atoms with Crippen LogP contribution in [0.2, 0.25) is 0 Å². The maximum absolute atomic E-state index is 2.28. The van der Waals surface area contributed by atoms with Crippen LogP contribution in [0.3, 0.4) is 0 Å². The van der Waals surface area contributed by atoms with Gasteiger partial charge in [0.1, 0.15) is 12.1 Å². The van der Waals surface area contributed by atoms with Crippen LogP contribution < -0.4 is 17.3 Å². The molecule has 0 aromatic carbocycles. The van der Waals surface area contributed by atoms with Crippen LogP contribution in [-0.2, 0) is 0 Å². The van der Waals surface area contributed by atoms with Crippen LogP contribution in [0.5, 0.6) is 0 Å². The molecule has 0 saturated heterocycles. The molecule has 2 nitrogen and oxygen atoms in total. The van der Waals surface area contributed by atoms with E-state index in [9.17, 15) is 0 Å². The molecular formula is C12H25ClN2S. The zero-order chi connectivity index (χ0) is 11.1. The predicted molar refractivity (Wildman–Crippen MR) is 68.8 cm³/mol. The van der Waals surface area contributed by atoms with Crippen LogP contribution in [-0.4, -0.2) is 29.7 Å². The lowest BCUT2D eigenvalue weighted by Gasteiger charge is -2.21. The maximum atomic E-state index is 2.28. The molecular weight excluding hydrogens is 240 g/mol. The number of hydrogen-bond acceptors (Lipinski definition) is 2. The van der Waals surface area contributed by atoms with Gasteiger partial charge >= 0.3 is 0 Å². The molecule has 2 atom stereocenters. The summed E-state index contributed by atoms with van der Waals surface area (Å²) in [6.07, 6.45) is 10.6. The van der Waals surface area contributed by atoms with Crippen LogP contribution in [0, 0.1) is 0 Å². The minimum absolute atomic E-state index is 0. The van der Waals surface area contributed by atoms with Gasteiger partial charge in [0.2, 0.25) is 0 Å². The largest absolute Gasteiger partial charge is 1.00 e. The summed E-state index contributed by atoms with van der Waals surface area (Å²) in [5.41, 5.74) is 0. The minimum atomic E-state index is 0. The van der Waals surface area contributed by atoms with E-state index in [1.807, 2.05) is 0 Å². The Bertz CT molecular complexity index is 199. The minimum Gasteiger partial charge on any atom is -1.00 e. The lowest BCUT2D eigenvalue weighted by Crippen LogP contribution is -3.10. The van der Waals surface area contributed by atoms with Crippen LogP contribution in [0.25, 0.3) is 0 Å². The van der Waals surface area contributed by atoms with E-state index in [-0.39, 0.29) is 12.4 Å². The number of hydrogen-bond donors (Lipinski definition) is 1. The molecule has 0 amide bonds. The monoisotopic (exact) mass is 264 g/mol. The van der Waals surface area contributed by atoms with Crippen molar-refractivity contribution >= 4 is 11.8 Å². The van der Waals surface area contributed by atoms with Gasteiger partial charge in [-0.2, -0.15) is 0 Å². The summed E-state index contributed by atoms with van der Waals surface area (Å²) in [6.45, 7) is 4.55. The molecule has 16 heavy (non-hydrogen) atoms. The number of halogens is 1. The first-order valence-electron chi connectivity index (χ1n) is 6.09. The van der Waals surface area contributed by atoms with Crippen LogP contribution in [0.1, 0.15) is 39.5 Å². The van der Waals surface area contributed by atoms with Gasteiger partial charge in [-0.1, -0.05) is 26.2 Å². The number of rotatable bonds is 7. The number of unbranched alkanes of at least 4 members (excludes halogenated alkanes) is 3. The molecule has 1 aliphatic heterocycles. The maximum Gasteiger partial charge on any atom is 0.164 e. The van der Waals surface area contributed by atoms with E-state index in [2.05, 4.69) is 50.0 Å². The lowest BCUT2D eigenvalue weighted by atomic mass is 10.2. The normalized spacial score (nSPS) is 23.6. The molecule has 1 rings (SSSR count). The summed E-state index contributed by atoms with van der Waals surface area (Å²) in [7, 11) is 2.15. The fourth-order valence-electron chi connectivity index (χ4n) is 1.73. The second-order valence-electron chi connectivity index (χ2n) is 4.35. The van der Waals surface area contributed by atoms with E-state index in [1.54, 1.807) is 4.90 Å². The zero-order valence-corrected chi connectivity index (χ0v) is 12.3. The molecule has 0 radical (unpaired) electrons. The third kappa shape index (κ3) is 5.46. The average Bonchev–Trinajstić information content (AvgIpc) is 2.54. The van der Waals surface area contributed by atoms with Gasteiger partial charge in [-0.15, -0.1) is 11.8 Å². The van der Waals surface area contributed by atoms with Crippen molar-refractivity contribution in [2.24, 2.45) is 0 Å². The molecule has 0 aromatic rings. The van der Waals surface area contributed by atoms with Crippen molar-refractivity contribution in [1.29, 1.82) is 0 Å². The number of thioether (sulfide) groups is 1. The number of quaternary nitrogens is 1. The summed E-state index contributed by atoms with van der Waals surface area (Å²) in [5.74, 6) is 2.54. The Morgan fingerprint density at radius 2 is 2.06 bits per heavy atom. The molecule has 0 bridgehead atoms. The standard InChI is InChI=1S/C12H24N2S.ClH/c1-4-5-6-7-10-15-11-14-9-8-13(3)12(14)2;/h8-9,12H,4-7,10-11H2,1-3H3;1H. The highest BCUT2D eigenvalue weighted by atomic mass is 35.5. The summed E-state index contributed by atoms with van der Waals surface area (Å²) in [5, 5.41) is 0. The summed E-state index contributed by atoms with van der Waals surface area (Å²) >= 11 is 2.09. The first-order chi connectivity index (χ1) is 7.25. The van der Waals surface area contributed by atoms with E-state index in [4.69, 9.17) is 0 Å². The van der Waals surface area contributed by atoms with Gasteiger partial charge in [-0.25, -0.2) is 0 Å². The predicted octanol–water partition coefficient (Wildman–Crippen LogP) is -1.09. The first kappa shape index (κ1) is 16.1. The van der Waals surface area contributed by atoms with E-state index < -0.39 is 0 Å². The molecule has 1 heterocycles. The molecule has 0 spiro atoms. The Kier molecular flexibility index (Phi) is 9.28. The van der Waals surface area contributed by atoms with Crippen LogP contribution in [0.15, 0.2) is 12.4 Å². The summed E-state index contributed by atoms with van der Waals surface area (Å²) < 4.78 is 0. The van der Waals surface area contributed by atoms with Crippen molar-refractivity contribution in [1.82, 2.24) is 4.90 Å². The highest BCUT2D eigenvalue weighted by Gasteiger charge is 2.22. The van der Waals surface area contributed by atoms with E-state index >= 15 is 0 Å². The van der Waals surface area contributed by atoms with Crippen molar-refractivity contribution in [3.8, 4) is 0 Å². The molecule has 0 saturated carbocycles. The van der Waals surface area contributed by atoms with Gasteiger partial charge in [0.05, 0.1) is 6.20 Å². The Morgan fingerprint density at radius 1 is 1.31 bits per heavy atom. The molecule has 4 heteroatoms. The van der Waals surface area contributed by atoms with E-state index in [1.165, 1.54) is 37.3 Å². The van der Waals surface area contributed by atoms with Gasteiger partial charge in [0, 0.05) is 14.0 Å². The smallest absolute Gasteiger partial charge is 0.164 e. The average molecular weight is 265 g/mol. The number of nitrogens with one attached hydrogen (secondary N) is 1. The molecule has 0 aliphatic carbocycles. The zero-order valence-electron chi connectivity index (χ0n) is 10.7. The second kappa shape index (κ2) is 9.20. The SMILES string of the molecule is CCCCCCSC[NH+]1C=CN(C)C1C.[Cl-]. The third-order valence-corrected chi connectivity index (χ3v) is 4.20. The number of nitrogens with zero attached hydrogens (tertiary/aromatic N) is 1. The molecule has 2 unspecified atom stereocenters. The topological polar surface area (TPSA) is 7.68 Å². The van der Waals surface area contributed by atoms with Gasteiger partial charge in [-0.05, 0) is 12.2 Å². The molecule has 0 fully saturated rings. The molecule has 0 aromatic heterocycles. The fourth-order valence-corrected chi connectivity index (χ4v) is 2.86. The molecule has 1 aliphatic rings. The van der Waals surface area contributed by atoms with Crippen molar-refractivity contribution in [2.45, 2.75) is 45.7 Å². The van der Waals surface area contributed by atoms with Crippen LogP contribution in [0.4, 0.5) is 0 Å². The highest BCUT2D eigenvalue weighted by Crippen LogP contribution is 2.06. The van der Waals surface area contributed by atoms with Gasteiger partial charge in [0.15, 0.2) is 6.17 Å². The van der Waals surface area contributed by atoms with Gasteiger partial charge in [0.25, 0.3) is 0 Å². The first-order valence-corrected chi connectivity index (χ1v) is 7.24. The van der Waals surface area contributed by atoms with Crippen molar-refractivity contribution in [2.75, 3.05) is 18.7 Å². The third-order valence-electron chi connectivity index (χ3n) is 3.08. The Hall–Kier alpha value is 0.140. The van der Waals surface area contributed by atoms with Crippen LogP contribution >= 0.6 is 11.8 Å². The molecule has 96 valence electrons. The van der Waals surface area contributed by atoms with Crippen molar-refractivity contribution in [3.05, 3.63) is 12.4 Å². The van der Waals surface area contributed by atoms with Gasteiger partial charge in [-0.3, -0.25) is 4.90 Å². The quantitative estimate of drug-likeness (QED) is 0.585. The van der Waals surface area contributed by atoms with E-state index in [0.717, 1.165) is 0 Å². The molecule has 1 N–H and O–H groups in total. The Morgan fingerprint density at radius 3 is 2.62 bits per heavy atom. The lowest BCUT2D eigenvalue weighted by molar-refractivity contribution is -0.861.